The van der Waals surface area contributed by atoms with E-state index in [9.17, 15) is 4.39 Å². The molecule has 1 aliphatic rings. The van der Waals surface area contributed by atoms with Crippen molar-refractivity contribution in [1.29, 1.82) is 0 Å². The van der Waals surface area contributed by atoms with Crippen molar-refractivity contribution in [2.75, 3.05) is 5.32 Å². The molecule has 0 radical (unpaired) electrons. The van der Waals surface area contributed by atoms with Gasteiger partial charge >= 0.3 is 0 Å². The molecule has 1 fully saturated rings. The Kier molecular flexibility index (Phi) is 4.05. The number of halogens is 2. The summed E-state index contributed by atoms with van der Waals surface area (Å²) in [5.74, 6) is -0.00693. The van der Waals surface area contributed by atoms with Crippen molar-refractivity contribution in [3.8, 4) is 11.4 Å². The zero-order valence-electron chi connectivity index (χ0n) is 13.5. The van der Waals surface area contributed by atoms with E-state index in [1.807, 2.05) is 0 Å². The molecule has 6 nitrogen and oxygen atoms in total. The molecule has 3 heterocycles. The molecule has 0 saturated heterocycles. The van der Waals surface area contributed by atoms with Crippen molar-refractivity contribution >= 4 is 28.5 Å². The van der Waals surface area contributed by atoms with E-state index in [2.05, 4.69) is 25.3 Å². The monoisotopic (exact) mass is 360 g/mol. The first-order chi connectivity index (χ1) is 12.0. The smallest absolute Gasteiger partial charge is 0.183 e. The largest absolute Gasteiger partial charge is 0.350 e. The zero-order valence-corrected chi connectivity index (χ0v) is 14.3. The lowest BCUT2D eigenvalue weighted by Crippen LogP contribution is -2.49. The Morgan fingerprint density at radius 3 is 2.80 bits per heavy atom. The second-order valence-corrected chi connectivity index (χ2v) is 6.92. The molecule has 3 aromatic rings. The number of hydrogen-bond donors (Lipinski definition) is 3. The number of fused-ring (bicyclic) bond motifs is 1. The van der Waals surface area contributed by atoms with Crippen molar-refractivity contribution in [3.63, 3.8) is 0 Å². The zero-order chi connectivity index (χ0) is 17.4. The molecule has 1 saturated carbocycles. The molecule has 8 heteroatoms. The Balaban J connectivity index is 1.72. The molecular formula is C17H18ClFN6. The lowest BCUT2D eigenvalue weighted by molar-refractivity contribution is 0.330. The summed E-state index contributed by atoms with van der Waals surface area (Å²) < 4.78 is 14.2. The lowest BCUT2D eigenvalue weighted by Gasteiger charge is -2.34. The first-order valence-corrected chi connectivity index (χ1v) is 8.64. The van der Waals surface area contributed by atoms with E-state index < -0.39 is 11.5 Å². The molecule has 0 spiro atoms. The van der Waals surface area contributed by atoms with Gasteiger partial charge in [0.25, 0.3) is 0 Å². The Bertz CT molecular complexity index is 919. The Hall–Kier alpha value is -2.25. The highest BCUT2D eigenvalue weighted by Gasteiger charge is 2.29. The van der Waals surface area contributed by atoms with E-state index in [0.717, 1.165) is 43.7 Å². The molecule has 0 aliphatic heterocycles. The number of rotatable bonds is 3. The van der Waals surface area contributed by atoms with Crippen LogP contribution in [0.15, 0.2) is 24.7 Å². The Labute approximate surface area is 149 Å². The fraction of sp³-hybridized carbons (Fsp3) is 0.353. The summed E-state index contributed by atoms with van der Waals surface area (Å²) >= 11 is 6.03. The van der Waals surface area contributed by atoms with Gasteiger partial charge in [-0.25, -0.2) is 19.3 Å². The summed E-state index contributed by atoms with van der Waals surface area (Å²) in [6, 6.07) is 1.78. The van der Waals surface area contributed by atoms with Gasteiger partial charge in [0.2, 0.25) is 0 Å². The maximum absolute atomic E-state index is 14.2. The van der Waals surface area contributed by atoms with E-state index in [1.54, 1.807) is 18.5 Å². The summed E-state index contributed by atoms with van der Waals surface area (Å²) in [4.78, 5) is 15.8. The number of aromatic amines is 1. The van der Waals surface area contributed by atoms with Gasteiger partial charge in [-0.2, -0.15) is 0 Å². The third-order valence-corrected chi connectivity index (χ3v) is 4.80. The molecule has 0 bridgehead atoms. The van der Waals surface area contributed by atoms with Crippen LogP contribution in [0.5, 0.6) is 0 Å². The predicted molar refractivity (Wildman–Crippen MR) is 95.7 cm³/mol. The van der Waals surface area contributed by atoms with Gasteiger partial charge in [0.05, 0.1) is 16.9 Å². The van der Waals surface area contributed by atoms with Crippen LogP contribution < -0.4 is 11.1 Å². The average molecular weight is 361 g/mol. The molecule has 25 heavy (non-hydrogen) atoms. The van der Waals surface area contributed by atoms with Gasteiger partial charge in [-0.05, 0) is 31.7 Å². The molecule has 1 aliphatic carbocycles. The topological polar surface area (TPSA) is 92.5 Å². The Morgan fingerprint density at radius 2 is 2.00 bits per heavy atom. The highest BCUT2D eigenvalue weighted by Crippen LogP contribution is 2.30. The molecule has 4 N–H and O–H groups in total. The van der Waals surface area contributed by atoms with Gasteiger partial charge in [0, 0.05) is 23.3 Å². The van der Waals surface area contributed by atoms with Crippen molar-refractivity contribution in [2.45, 2.75) is 37.8 Å². The van der Waals surface area contributed by atoms with Crippen molar-refractivity contribution in [1.82, 2.24) is 19.9 Å². The number of nitrogens with one attached hydrogen (secondary N) is 2. The van der Waals surface area contributed by atoms with Crippen LogP contribution >= 0.6 is 11.6 Å². The lowest BCUT2D eigenvalue weighted by atomic mass is 9.90. The molecular weight excluding hydrogens is 343 g/mol. The van der Waals surface area contributed by atoms with Gasteiger partial charge in [0.15, 0.2) is 17.5 Å². The van der Waals surface area contributed by atoms with Crippen LogP contribution in [-0.2, 0) is 0 Å². The van der Waals surface area contributed by atoms with Gasteiger partial charge in [0.1, 0.15) is 5.65 Å². The highest BCUT2D eigenvalue weighted by atomic mass is 35.5. The Morgan fingerprint density at radius 1 is 1.20 bits per heavy atom. The van der Waals surface area contributed by atoms with Gasteiger partial charge in [-0.15, -0.1) is 0 Å². The molecule has 0 amide bonds. The first-order valence-electron chi connectivity index (χ1n) is 8.27. The number of H-pyrrole nitrogens is 1. The number of anilines is 1. The van der Waals surface area contributed by atoms with Crippen LogP contribution in [0, 0.1) is 5.82 Å². The van der Waals surface area contributed by atoms with Crippen molar-refractivity contribution < 1.29 is 4.39 Å². The van der Waals surface area contributed by atoms with E-state index in [0.29, 0.717) is 22.1 Å². The molecule has 0 atom stereocenters. The van der Waals surface area contributed by atoms with Crippen LogP contribution in [0.2, 0.25) is 5.02 Å². The highest BCUT2D eigenvalue weighted by molar-refractivity contribution is 6.31. The summed E-state index contributed by atoms with van der Waals surface area (Å²) in [5.41, 5.74) is 7.12. The fourth-order valence-electron chi connectivity index (χ4n) is 3.29. The van der Waals surface area contributed by atoms with E-state index in [4.69, 9.17) is 17.3 Å². The van der Waals surface area contributed by atoms with E-state index in [1.165, 1.54) is 0 Å². The van der Waals surface area contributed by atoms with Crippen molar-refractivity contribution in [3.05, 3.63) is 35.5 Å². The van der Waals surface area contributed by atoms with Crippen molar-refractivity contribution in [2.24, 2.45) is 5.73 Å². The minimum atomic E-state index is -0.629. The molecule has 3 aromatic heterocycles. The van der Waals surface area contributed by atoms with E-state index >= 15 is 0 Å². The third-order valence-electron chi connectivity index (χ3n) is 4.60. The second kappa shape index (κ2) is 6.24. The van der Waals surface area contributed by atoms with Gasteiger partial charge in [-0.3, -0.25) is 0 Å². The summed E-state index contributed by atoms with van der Waals surface area (Å²) in [6.45, 7) is 0. The average Bonchev–Trinajstić information content (AvgIpc) is 3.00. The maximum atomic E-state index is 14.2. The fourth-order valence-corrected chi connectivity index (χ4v) is 3.45. The van der Waals surface area contributed by atoms with E-state index in [-0.39, 0.29) is 5.82 Å². The summed E-state index contributed by atoms with van der Waals surface area (Å²) in [7, 11) is 0. The quantitative estimate of drug-likeness (QED) is 0.617. The second-order valence-electron chi connectivity index (χ2n) is 6.48. The SMILES string of the molecule is NC1(Nc2nc(-c3c[nH]c4ncc(Cl)cc34)ncc2F)CCCCC1. The summed E-state index contributed by atoms with van der Waals surface area (Å²) in [5, 5.41) is 4.38. The molecule has 4 rings (SSSR count). The van der Waals surface area contributed by atoms with Crippen LogP contribution in [0.3, 0.4) is 0 Å². The van der Waals surface area contributed by atoms with Crippen LogP contribution in [0.4, 0.5) is 10.2 Å². The predicted octanol–water partition coefficient (Wildman–Crippen LogP) is 3.84. The number of nitrogens with two attached hydrogens (primary N) is 1. The van der Waals surface area contributed by atoms with Gasteiger partial charge < -0.3 is 16.0 Å². The normalized spacial score (nSPS) is 16.9. The molecule has 130 valence electrons. The molecule has 0 unspecified atom stereocenters. The number of hydrogen-bond acceptors (Lipinski definition) is 5. The number of aromatic nitrogens is 4. The maximum Gasteiger partial charge on any atom is 0.183 e. The number of pyridine rings is 1. The van der Waals surface area contributed by atoms with Crippen LogP contribution in [-0.4, -0.2) is 25.6 Å². The van der Waals surface area contributed by atoms with Gasteiger partial charge in [-0.1, -0.05) is 18.0 Å². The first kappa shape index (κ1) is 16.2. The molecule has 0 aromatic carbocycles. The third kappa shape index (κ3) is 3.17. The minimum absolute atomic E-state index is 0.124. The minimum Gasteiger partial charge on any atom is -0.350 e. The van der Waals surface area contributed by atoms with Crippen LogP contribution in [0.25, 0.3) is 22.4 Å². The summed E-state index contributed by atoms with van der Waals surface area (Å²) in [6.07, 6.45) is 9.24. The number of nitrogens with zero attached hydrogens (tertiary/aromatic N) is 3. The standard InChI is InChI=1S/C17H18ClFN6/c18-10-6-11-12(8-22-14(11)21-7-10)15-23-9-13(19)16(24-15)25-17(20)4-2-1-3-5-17/h6-9H,1-5,20H2,(H,21,22)(H,23,24,25). The van der Waals surface area contributed by atoms with Crippen LogP contribution in [0.1, 0.15) is 32.1 Å².